The number of aliphatic imine (C=N–C) groups is 1. The number of halogens is 4. The van der Waals surface area contributed by atoms with Crippen LogP contribution in [-0.2, 0) is 9.53 Å². The van der Waals surface area contributed by atoms with Crippen molar-refractivity contribution in [3.05, 3.63) is 71.3 Å². The molecule has 116 valence electrons. The highest BCUT2D eigenvalue weighted by Gasteiger charge is 2.24. The molecule has 3 nitrogen and oxygen atoms in total. The number of hydrogen-bond donors (Lipinski definition) is 0. The lowest BCUT2D eigenvalue weighted by atomic mass is 10.2. The predicted octanol–water partition coefficient (Wildman–Crippen LogP) is 5.71. The Morgan fingerprint density at radius 1 is 1.22 bits per heavy atom. The number of benzene rings is 2. The van der Waals surface area contributed by atoms with Crippen molar-refractivity contribution < 1.29 is 9.53 Å². The molecule has 3 rings (SSSR count). The van der Waals surface area contributed by atoms with Crippen molar-refractivity contribution in [1.82, 2.24) is 0 Å². The Bertz CT molecular complexity index is 880. The van der Waals surface area contributed by atoms with Crippen LogP contribution in [0.5, 0.6) is 0 Å². The predicted molar refractivity (Wildman–Crippen MR) is 104 cm³/mol. The molecule has 0 atom stereocenters. The molecule has 0 spiro atoms. The largest absolute Gasteiger partial charge is 0.402 e. The molecule has 23 heavy (non-hydrogen) atoms. The molecule has 2 aromatic rings. The van der Waals surface area contributed by atoms with Crippen LogP contribution in [0.3, 0.4) is 0 Å². The minimum Gasteiger partial charge on any atom is -0.402 e. The maximum Gasteiger partial charge on any atom is 0.363 e. The number of nitrogens with zero attached hydrogens (tertiary/aromatic N) is 1. The van der Waals surface area contributed by atoms with Crippen molar-refractivity contribution in [2.24, 2.45) is 4.99 Å². The Hall–Kier alpha value is -0.890. The van der Waals surface area contributed by atoms with Gasteiger partial charge in [-0.3, -0.25) is 0 Å². The van der Waals surface area contributed by atoms with E-state index in [0.29, 0.717) is 21.2 Å². The van der Waals surface area contributed by atoms with Crippen LogP contribution in [0.25, 0.3) is 6.08 Å². The normalized spacial score (nSPS) is 15.7. The Morgan fingerprint density at radius 2 is 2.00 bits per heavy atom. The second-order valence-corrected chi connectivity index (χ2v) is 7.41. The van der Waals surface area contributed by atoms with Crippen LogP contribution in [0.2, 0.25) is 10.0 Å². The van der Waals surface area contributed by atoms with Gasteiger partial charge in [0.25, 0.3) is 0 Å². The van der Waals surface area contributed by atoms with E-state index in [-0.39, 0.29) is 11.6 Å². The molecule has 1 heterocycles. The van der Waals surface area contributed by atoms with Crippen LogP contribution in [0, 0.1) is 3.57 Å². The molecule has 1 aliphatic rings. The highest BCUT2D eigenvalue weighted by molar-refractivity contribution is 14.1. The average Bonchev–Trinajstić information content (AvgIpc) is 2.88. The third kappa shape index (κ3) is 3.63. The van der Waals surface area contributed by atoms with E-state index in [4.69, 9.17) is 27.9 Å². The lowest BCUT2D eigenvalue weighted by molar-refractivity contribution is -0.129. The summed E-state index contributed by atoms with van der Waals surface area (Å²) in [4.78, 5) is 16.3. The quantitative estimate of drug-likeness (QED) is 0.288. The van der Waals surface area contributed by atoms with Crippen LogP contribution in [0.1, 0.15) is 11.1 Å². The van der Waals surface area contributed by atoms with Gasteiger partial charge in [-0.1, -0.05) is 35.3 Å². The zero-order valence-electron chi connectivity index (χ0n) is 11.3. The number of ether oxygens (including phenoxy) is 1. The number of hydrogen-bond acceptors (Lipinski definition) is 3. The van der Waals surface area contributed by atoms with E-state index in [0.717, 1.165) is 8.04 Å². The van der Waals surface area contributed by atoms with Gasteiger partial charge >= 0.3 is 5.97 Å². The summed E-state index contributed by atoms with van der Waals surface area (Å²) in [6.07, 6.45) is 1.56. The summed E-state index contributed by atoms with van der Waals surface area (Å²) in [6, 6.07) is 10.8. The van der Waals surface area contributed by atoms with Crippen molar-refractivity contribution in [2.75, 3.05) is 0 Å². The van der Waals surface area contributed by atoms with Crippen LogP contribution in [0.4, 0.5) is 0 Å². The summed E-state index contributed by atoms with van der Waals surface area (Å²) < 4.78 is 7.20. The first-order valence-corrected chi connectivity index (χ1v) is 9.00. The first kappa shape index (κ1) is 17.0. The third-order valence-electron chi connectivity index (χ3n) is 3.06. The third-order valence-corrected chi connectivity index (χ3v) is 6.23. The number of cyclic esters (lactones) is 1. The Morgan fingerprint density at radius 3 is 2.74 bits per heavy atom. The van der Waals surface area contributed by atoms with Crippen molar-refractivity contribution in [3.8, 4) is 0 Å². The molecular formula is C16H7BrCl2INO2. The van der Waals surface area contributed by atoms with Gasteiger partial charge in [-0.05, 0) is 74.4 Å². The van der Waals surface area contributed by atoms with Gasteiger partial charge in [-0.2, -0.15) is 0 Å². The van der Waals surface area contributed by atoms with Gasteiger partial charge in [-0.25, -0.2) is 9.79 Å². The minimum atomic E-state index is -0.522. The van der Waals surface area contributed by atoms with Gasteiger partial charge in [0.15, 0.2) is 5.70 Å². The molecule has 0 saturated heterocycles. The molecule has 0 amide bonds. The monoisotopic (exact) mass is 521 g/mol. The van der Waals surface area contributed by atoms with Crippen LogP contribution < -0.4 is 0 Å². The molecule has 0 bridgehead atoms. The van der Waals surface area contributed by atoms with E-state index >= 15 is 0 Å². The van der Waals surface area contributed by atoms with Gasteiger partial charge in [0.05, 0.1) is 10.0 Å². The highest BCUT2D eigenvalue weighted by Crippen LogP contribution is 2.29. The van der Waals surface area contributed by atoms with E-state index in [9.17, 15) is 4.79 Å². The number of rotatable bonds is 2. The van der Waals surface area contributed by atoms with Crippen LogP contribution in [-0.4, -0.2) is 11.9 Å². The first-order valence-electron chi connectivity index (χ1n) is 6.37. The Kier molecular flexibility index (Phi) is 5.10. The summed E-state index contributed by atoms with van der Waals surface area (Å²) in [6.45, 7) is 0. The van der Waals surface area contributed by atoms with Crippen LogP contribution >= 0.6 is 61.7 Å². The van der Waals surface area contributed by atoms with Crippen molar-refractivity contribution >= 4 is 79.7 Å². The maximum absolute atomic E-state index is 12.0. The molecule has 1 aliphatic heterocycles. The van der Waals surface area contributed by atoms with Gasteiger partial charge in [-0.15, -0.1) is 0 Å². The fourth-order valence-electron chi connectivity index (χ4n) is 1.94. The molecule has 0 radical (unpaired) electrons. The first-order chi connectivity index (χ1) is 11.0. The molecular weight excluding hydrogens is 516 g/mol. The van der Waals surface area contributed by atoms with Crippen LogP contribution in [0.15, 0.2) is 51.6 Å². The lowest BCUT2D eigenvalue weighted by Crippen LogP contribution is -2.05. The summed E-state index contributed by atoms with van der Waals surface area (Å²) >= 11 is 17.7. The molecule has 0 fully saturated rings. The van der Waals surface area contributed by atoms with Crippen molar-refractivity contribution in [3.63, 3.8) is 0 Å². The zero-order valence-corrected chi connectivity index (χ0v) is 16.6. The highest BCUT2D eigenvalue weighted by atomic mass is 127. The molecule has 0 N–H and O–H groups in total. The Labute approximate surface area is 164 Å². The number of carbonyl (C=O) groups excluding carboxylic acids is 1. The summed E-state index contributed by atoms with van der Waals surface area (Å²) in [5.41, 5.74) is 1.50. The number of esters is 1. The summed E-state index contributed by atoms with van der Waals surface area (Å²) in [5.74, 6) is -0.262. The van der Waals surface area contributed by atoms with E-state index in [1.165, 1.54) is 0 Å². The Balaban J connectivity index is 1.99. The fraction of sp³-hybridized carbons (Fsp3) is 0. The molecule has 2 aromatic carbocycles. The standard InChI is InChI=1S/C16H7BrCl2INO2/c17-10-6-9(4-5-12(10)20)15-21-13(16(22)23-15)7-8-2-1-3-11(18)14(8)19/h1-7H/b13-7-. The van der Waals surface area contributed by atoms with Gasteiger partial charge in [0.1, 0.15) is 0 Å². The van der Waals surface area contributed by atoms with Gasteiger partial charge in [0, 0.05) is 13.6 Å². The second kappa shape index (κ2) is 6.93. The molecule has 0 unspecified atom stereocenters. The van der Waals surface area contributed by atoms with Gasteiger partial charge in [0.2, 0.25) is 5.90 Å². The van der Waals surface area contributed by atoms with E-state index in [2.05, 4.69) is 43.5 Å². The summed E-state index contributed by atoms with van der Waals surface area (Å²) in [5, 5.41) is 0.785. The van der Waals surface area contributed by atoms with E-state index < -0.39 is 5.97 Å². The topological polar surface area (TPSA) is 38.7 Å². The molecule has 7 heteroatoms. The smallest absolute Gasteiger partial charge is 0.363 e. The zero-order chi connectivity index (χ0) is 16.6. The van der Waals surface area contributed by atoms with E-state index in [1.807, 2.05) is 18.2 Å². The average molecular weight is 523 g/mol. The lowest BCUT2D eigenvalue weighted by Gasteiger charge is -2.01. The minimum absolute atomic E-state index is 0.179. The SMILES string of the molecule is O=C1OC(c2ccc(I)c(Br)c2)=N/C1=C\c1cccc(Cl)c1Cl. The molecule has 0 aromatic heterocycles. The fourth-order valence-corrected chi connectivity index (χ4v) is 3.02. The van der Waals surface area contributed by atoms with Crippen molar-refractivity contribution in [1.29, 1.82) is 0 Å². The van der Waals surface area contributed by atoms with E-state index in [1.54, 1.807) is 24.3 Å². The second-order valence-electron chi connectivity index (χ2n) is 4.61. The maximum atomic E-state index is 12.0. The molecule has 0 saturated carbocycles. The van der Waals surface area contributed by atoms with Gasteiger partial charge < -0.3 is 4.74 Å². The summed E-state index contributed by atoms with van der Waals surface area (Å²) in [7, 11) is 0. The molecule has 0 aliphatic carbocycles. The number of carbonyl (C=O) groups is 1. The van der Waals surface area contributed by atoms with Crippen molar-refractivity contribution in [2.45, 2.75) is 0 Å².